The largest absolute Gasteiger partial charge is 0.374 e. The standard InChI is InChI=1S/C11H13N3O/c1-14(6-5-11(13)15)10-4-2-3-9(7-10)8-12/h2-4,7H,5-6H2,1H3,(H2,13,15). The van der Waals surface area contributed by atoms with Gasteiger partial charge in [0.15, 0.2) is 0 Å². The number of amides is 1. The van der Waals surface area contributed by atoms with Gasteiger partial charge in [-0.05, 0) is 18.2 Å². The van der Waals surface area contributed by atoms with Gasteiger partial charge in [0.2, 0.25) is 5.91 Å². The maximum Gasteiger partial charge on any atom is 0.219 e. The fourth-order valence-corrected chi connectivity index (χ4v) is 1.22. The number of benzene rings is 1. The number of carbonyl (C=O) groups excluding carboxylic acids is 1. The molecule has 0 aliphatic rings. The summed E-state index contributed by atoms with van der Waals surface area (Å²) in [6.07, 6.45) is 0.313. The number of hydrogen-bond donors (Lipinski definition) is 1. The molecule has 78 valence electrons. The molecule has 0 aromatic heterocycles. The predicted molar refractivity (Wildman–Crippen MR) is 58.2 cm³/mol. The molecule has 0 spiro atoms. The number of anilines is 1. The minimum absolute atomic E-state index is 0.313. The first-order chi connectivity index (χ1) is 7.13. The molecular weight excluding hydrogens is 190 g/mol. The van der Waals surface area contributed by atoms with Crippen molar-refractivity contribution in [2.24, 2.45) is 5.73 Å². The molecule has 0 aliphatic heterocycles. The van der Waals surface area contributed by atoms with Gasteiger partial charge in [-0.25, -0.2) is 0 Å². The van der Waals surface area contributed by atoms with E-state index in [-0.39, 0.29) is 5.91 Å². The molecule has 0 radical (unpaired) electrons. The van der Waals surface area contributed by atoms with Gasteiger partial charge in [-0.2, -0.15) is 5.26 Å². The van der Waals surface area contributed by atoms with E-state index in [1.54, 1.807) is 12.1 Å². The van der Waals surface area contributed by atoms with Crippen molar-refractivity contribution in [2.45, 2.75) is 6.42 Å². The third-order valence-corrected chi connectivity index (χ3v) is 2.11. The molecule has 1 amide bonds. The van der Waals surface area contributed by atoms with Crippen LogP contribution in [-0.4, -0.2) is 19.5 Å². The monoisotopic (exact) mass is 203 g/mol. The van der Waals surface area contributed by atoms with Crippen LogP contribution in [0.3, 0.4) is 0 Å². The van der Waals surface area contributed by atoms with Gasteiger partial charge >= 0.3 is 0 Å². The highest BCUT2D eigenvalue weighted by Crippen LogP contribution is 2.14. The zero-order chi connectivity index (χ0) is 11.3. The smallest absolute Gasteiger partial charge is 0.219 e. The Bertz CT molecular complexity index is 395. The lowest BCUT2D eigenvalue weighted by Gasteiger charge is -2.18. The van der Waals surface area contributed by atoms with Crippen LogP contribution in [0, 0.1) is 11.3 Å². The molecule has 4 heteroatoms. The average molecular weight is 203 g/mol. The Labute approximate surface area is 88.9 Å². The van der Waals surface area contributed by atoms with E-state index in [0.29, 0.717) is 18.5 Å². The second-order valence-corrected chi connectivity index (χ2v) is 3.30. The molecule has 1 aromatic rings. The van der Waals surface area contributed by atoms with E-state index in [1.165, 1.54) is 0 Å². The van der Waals surface area contributed by atoms with E-state index in [0.717, 1.165) is 5.69 Å². The van der Waals surface area contributed by atoms with Crippen LogP contribution in [0.2, 0.25) is 0 Å². The highest BCUT2D eigenvalue weighted by atomic mass is 16.1. The Morgan fingerprint density at radius 1 is 1.60 bits per heavy atom. The summed E-state index contributed by atoms with van der Waals surface area (Å²) in [6, 6.07) is 9.29. The quantitative estimate of drug-likeness (QED) is 0.789. The van der Waals surface area contributed by atoms with Gasteiger partial charge in [0, 0.05) is 25.7 Å². The SMILES string of the molecule is CN(CCC(N)=O)c1cccc(C#N)c1. The predicted octanol–water partition coefficient (Wildman–Crippen LogP) is 0.870. The van der Waals surface area contributed by atoms with Gasteiger partial charge in [-0.3, -0.25) is 4.79 Å². The molecule has 0 heterocycles. The van der Waals surface area contributed by atoms with Crippen molar-refractivity contribution in [3.8, 4) is 6.07 Å². The summed E-state index contributed by atoms with van der Waals surface area (Å²) in [5.74, 6) is -0.321. The van der Waals surface area contributed by atoms with E-state index in [1.807, 2.05) is 24.1 Å². The van der Waals surface area contributed by atoms with Crippen molar-refractivity contribution in [3.05, 3.63) is 29.8 Å². The van der Waals surface area contributed by atoms with Gasteiger partial charge in [0.25, 0.3) is 0 Å². The minimum Gasteiger partial charge on any atom is -0.374 e. The Kier molecular flexibility index (Phi) is 3.69. The van der Waals surface area contributed by atoms with Crippen molar-refractivity contribution in [1.82, 2.24) is 0 Å². The molecule has 0 atom stereocenters. The van der Waals surface area contributed by atoms with Crippen molar-refractivity contribution < 1.29 is 4.79 Å². The van der Waals surface area contributed by atoms with Crippen LogP contribution in [0.5, 0.6) is 0 Å². The number of nitriles is 1. The number of nitrogens with zero attached hydrogens (tertiary/aromatic N) is 2. The molecule has 0 saturated heterocycles. The fraction of sp³-hybridized carbons (Fsp3) is 0.273. The Morgan fingerprint density at radius 3 is 2.93 bits per heavy atom. The van der Waals surface area contributed by atoms with Crippen molar-refractivity contribution >= 4 is 11.6 Å². The summed E-state index contributed by atoms with van der Waals surface area (Å²) in [5.41, 5.74) is 6.58. The van der Waals surface area contributed by atoms with Gasteiger partial charge < -0.3 is 10.6 Å². The minimum atomic E-state index is -0.321. The Balaban J connectivity index is 2.69. The molecule has 0 saturated carbocycles. The first-order valence-corrected chi connectivity index (χ1v) is 4.63. The van der Waals surface area contributed by atoms with Crippen LogP contribution >= 0.6 is 0 Å². The summed E-state index contributed by atoms with van der Waals surface area (Å²) in [6.45, 7) is 0.560. The van der Waals surface area contributed by atoms with E-state index < -0.39 is 0 Å². The Morgan fingerprint density at radius 2 is 2.33 bits per heavy atom. The third kappa shape index (κ3) is 3.31. The van der Waals surface area contributed by atoms with Gasteiger partial charge in [0.05, 0.1) is 11.6 Å². The zero-order valence-electron chi connectivity index (χ0n) is 8.60. The molecule has 0 bridgehead atoms. The first kappa shape index (κ1) is 11.1. The fourth-order valence-electron chi connectivity index (χ4n) is 1.22. The van der Waals surface area contributed by atoms with E-state index in [2.05, 4.69) is 6.07 Å². The molecule has 1 aromatic carbocycles. The molecule has 1 rings (SSSR count). The summed E-state index contributed by atoms with van der Waals surface area (Å²) in [4.78, 5) is 12.5. The molecule has 4 nitrogen and oxygen atoms in total. The van der Waals surface area contributed by atoms with Crippen LogP contribution in [0.25, 0.3) is 0 Å². The van der Waals surface area contributed by atoms with Crippen molar-refractivity contribution in [1.29, 1.82) is 5.26 Å². The first-order valence-electron chi connectivity index (χ1n) is 4.63. The summed E-state index contributed by atoms with van der Waals surface area (Å²) in [5, 5.41) is 8.72. The van der Waals surface area contributed by atoms with Gasteiger partial charge in [-0.15, -0.1) is 0 Å². The maximum absolute atomic E-state index is 10.6. The van der Waals surface area contributed by atoms with Crippen molar-refractivity contribution in [3.63, 3.8) is 0 Å². The van der Waals surface area contributed by atoms with Crippen molar-refractivity contribution in [2.75, 3.05) is 18.5 Å². The molecule has 0 unspecified atom stereocenters. The number of nitrogens with two attached hydrogens (primary N) is 1. The summed E-state index contributed by atoms with van der Waals surface area (Å²) in [7, 11) is 1.86. The Hall–Kier alpha value is -2.02. The van der Waals surface area contributed by atoms with Crippen LogP contribution in [0.1, 0.15) is 12.0 Å². The maximum atomic E-state index is 10.6. The lowest BCUT2D eigenvalue weighted by Crippen LogP contribution is -2.24. The molecule has 0 fully saturated rings. The lowest BCUT2D eigenvalue weighted by atomic mass is 10.2. The number of rotatable bonds is 4. The van der Waals surface area contributed by atoms with E-state index in [4.69, 9.17) is 11.0 Å². The highest BCUT2D eigenvalue weighted by Gasteiger charge is 2.03. The second kappa shape index (κ2) is 5.01. The number of primary amides is 1. The summed E-state index contributed by atoms with van der Waals surface area (Å²) >= 11 is 0. The van der Waals surface area contributed by atoms with Gasteiger partial charge in [-0.1, -0.05) is 6.07 Å². The number of hydrogen-bond acceptors (Lipinski definition) is 3. The molecule has 0 aliphatic carbocycles. The van der Waals surface area contributed by atoms with Gasteiger partial charge in [0.1, 0.15) is 0 Å². The second-order valence-electron chi connectivity index (χ2n) is 3.30. The molecule has 2 N–H and O–H groups in total. The van der Waals surface area contributed by atoms with E-state index >= 15 is 0 Å². The van der Waals surface area contributed by atoms with E-state index in [9.17, 15) is 4.79 Å². The van der Waals surface area contributed by atoms with Crippen LogP contribution in [0.15, 0.2) is 24.3 Å². The highest BCUT2D eigenvalue weighted by molar-refractivity contribution is 5.74. The molecule has 15 heavy (non-hydrogen) atoms. The zero-order valence-corrected chi connectivity index (χ0v) is 8.60. The normalized spacial score (nSPS) is 9.33. The van der Waals surface area contributed by atoms with Crippen LogP contribution < -0.4 is 10.6 Å². The average Bonchev–Trinajstić information content (AvgIpc) is 2.26. The third-order valence-electron chi connectivity index (χ3n) is 2.11. The summed E-state index contributed by atoms with van der Waals surface area (Å²) < 4.78 is 0. The number of carbonyl (C=O) groups is 1. The topological polar surface area (TPSA) is 70.1 Å². The van der Waals surface area contributed by atoms with Crippen LogP contribution in [-0.2, 0) is 4.79 Å². The molecular formula is C11H13N3O. The lowest BCUT2D eigenvalue weighted by molar-refractivity contribution is -0.117. The van der Waals surface area contributed by atoms with Crippen LogP contribution in [0.4, 0.5) is 5.69 Å².